The average Bonchev–Trinajstić information content (AvgIpc) is 2.64. The van der Waals surface area contributed by atoms with E-state index in [0.29, 0.717) is 48.3 Å². The monoisotopic (exact) mass is 362 g/mol. The first kappa shape index (κ1) is 18.8. The van der Waals surface area contributed by atoms with Crippen LogP contribution >= 0.6 is 0 Å². The van der Waals surface area contributed by atoms with Gasteiger partial charge in [0, 0.05) is 30.2 Å². The van der Waals surface area contributed by atoms with Gasteiger partial charge < -0.3 is 25.3 Å². The summed E-state index contributed by atoms with van der Waals surface area (Å²) >= 11 is 0. The molecule has 2 aliphatic rings. The lowest BCUT2D eigenvalue weighted by Crippen LogP contribution is -2.49. The third kappa shape index (κ3) is 4.41. The molecule has 3 rings (SSSR count). The van der Waals surface area contributed by atoms with Gasteiger partial charge in [-0.05, 0) is 37.5 Å². The Labute approximate surface area is 155 Å². The molecule has 2 aliphatic carbocycles. The number of rotatable bonds is 7. The van der Waals surface area contributed by atoms with E-state index in [2.05, 4.69) is 5.32 Å². The van der Waals surface area contributed by atoms with Crippen LogP contribution in [0.5, 0.6) is 17.2 Å². The number of nitrogens with two attached hydrogens (primary N) is 1. The predicted molar refractivity (Wildman–Crippen MR) is 99.6 cm³/mol. The molecule has 6 nitrogen and oxygen atoms in total. The van der Waals surface area contributed by atoms with Crippen LogP contribution in [0.1, 0.15) is 32.1 Å². The fourth-order valence-electron chi connectivity index (χ4n) is 4.36. The quantitative estimate of drug-likeness (QED) is 0.728. The smallest absolute Gasteiger partial charge is 0.223 e. The van der Waals surface area contributed by atoms with E-state index in [1.54, 1.807) is 32.4 Å². The number of hydrogen-bond acceptors (Lipinski definition) is 5. The summed E-state index contributed by atoms with van der Waals surface area (Å²) in [5.74, 6) is 3.27. The largest absolute Gasteiger partial charge is 0.496 e. The van der Waals surface area contributed by atoms with Crippen molar-refractivity contribution in [1.29, 1.82) is 0 Å². The van der Waals surface area contributed by atoms with Crippen LogP contribution in [-0.4, -0.2) is 39.3 Å². The Kier molecular flexibility index (Phi) is 6.25. The Bertz CT molecular complexity index is 586. The van der Waals surface area contributed by atoms with Crippen LogP contribution in [0.4, 0.5) is 0 Å². The normalized spacial score (nSPS) is 27.5. The minimum atomic E-state index is 0.0991. The SMILES string of the molecule is COc1cc(OC)cc(OCCNC(=O)C2CC3CCCC(C2)C3N)c1. The fourth-order valence-corrected chi connectivity index (χ4v) is 4.36. The van der Waals surface area contributed by atoms with Crippen molar-refractivity contribution >= 4 is 5.91 Å². The average molecular weight is 362 g/mol. The molecule has 6 heteroatoms. The first-order valence-electron chi connectivity index (χ1n) is 9.50. The summed E-state index contributed by atoms with van der Waals surface area (Å²) in [6.07, 6.45) is 5.45. The molecule has 0 aromatic heterocycles. The fraction of sp³-hybridized carbons (Fsp3) is 0.650. The first-order valence-corrected chi connectivity index (χ1v) is 9.50. The Morgan fingerprint density at radius 3 is 2.23 bits per heavy atom. The maximum Gasteiger partial charge on any atom is 0.223 e. The summed E-state index contributed by atoms with van der Waals surface area (Å²) < 4.78 is 16.2. The third-order valence-corrected chi connectivity index (χ3v) is 5.78. The summed E-state index contributed by atoms with van der Waals surface area (Å²) in [7, 11) is 3.20. The highest BCUT2D eigenvalue weighted by Gasteiger charge is 2.40. The van der Waals surface area contributed by atoms with E-state index in [4.69, 9.17) is 19.9 Å². The standard InChI is InChI=1S/C20H30N2O4/c1-24-16-10-17(25-2)12-18(11-16)26-7-6-22-20(23)15-8-13-4-3-5-14(9-15)19(13)21/h10-15,19H,3-9,21H2,1-2H3,(H,22,23). The van der Waals surface area contributed by atoms with Crippen LogP contribution in [0.25, 0.3) is 0 Å². The Balaban J connectivity index is 1.44. The van der Waals surface area contributed by atoms with Crippen LogP contribution in [0, 0.1) is 17.8 Å². The number of methoxy groups -OCH3 is 2. The molecule has 2 atom stereocenters. The van der Waals surface area contributed by atoms with Gasteiger partial charge in [0.1, 0.15) is 23.9 Å². The van der Waals surface area contributed by atoms with E-state index >= 15 is 0 Å². The van der Waals surface area contributed by atoms with Gasteiger partial charge in [-0.1, -0.05) is 6.42 Å². The van der Waals surface area contributed by atoms with E-state index in [1.807, 2.05) is 0 Å². The van der Waals surface area contributed by atoms with Gasteiger partial charge in [0.25, 0.3) is 0 Å². The zero-order chi connectivity index (χ0) is 18.5. The van der Waals surface area contributed by atoms with Crippen LogP contribution in [0.3, 0.4) is 0 Å². The van der Waals surface area contributed by atoms with Gasteiger partial charge in [-0.3, -0.25) is 4.79 Å². The van der Waals surface area contributed by atoms with Crippen LogP contribution in [-0.2, 0) is 4.79 Å². The molecule has 26 heavy (non-hydrogen) atoms. The van der Waals surface area contributed by atoms with E-state index in [-0.39, 0.29) is 11.8 Å². The van der Waals surface area contributed by atoms with E-state index in [9.17, 15) is 4.79 Å². The Hall–Kier alpha value is -1.95. The maximum atomic E-state index is 12.5. The summed E-state index contributed by atoms with van der Waals surface area (Å²) in [6, 6.07) is 5.68. The third-order valence-electron chi connectivity index (χ3n) is 5.78. The van der Waals surface area contributed by atoms with Crippen molar-refractivity contribution in [2.24, 2.45) is 23.5 Å². The molecule has 0 aliphatic heterocycles. The molecule has 2 fully saturated rings. The van der Waals surface area contributed by atoms with Crippen molar-refractivity contribution < 1.29 is 19.0 Å². The number of carbonyl (C=O) groups excluding carboxylic acids is 1. The van der Waals surface area contributed by atoms with Crippen LogP contribution in [0.2, 0.25) is 0 Å². The van der Waals surface area contributed by atoms with Gasteiger partial charge in [-0.15, -0.1) is 0 Å². The van der Waals surface area contributed by atoms with Crippen molar-refractivity contribution in [3.8, 4) is 17.2 Å². The summed E-state index contributed by atoms with van der Waals surface area (Å²) in [6.45, 7) is 0.886. The zero-order valence-electron chi connectivity index (χ0n) is 15.7. The predicted octanol–water partition coefficient (Wildman–Crippen LogP) is 2.35. The molecule has 0 saturated heterocycles. The number of benzene rings is 1. The van der Waals surface area contributed by atoms with Crippen molar-refractivity contribution in [2.75, 3.05) is 27.4 Å². The van der Waals surface area contributed by atoms with Gasteiger partial charge in [-0.25, -0.2) is 0 Å². The maximum absolute atomic E-state index is 12.5. The zero-order valence-corrected chi connectivity index (χ0v) is 15.7. The topological polar surface area (TPSA) is 82.8 Å². The highest BCUT2D eigenvalue weighted by molar-refractivity contribution is 5.78. The number of carbonyl (C=O) groups is 1. The molecule has 2 saturated carbocycles. The van der Waals surface area contributed by atoms with E-state index in [0.717, 1.165) is 12.8 Å². The lowest BCUT2D eigenvalue weighted by Gasteiger charge is -2.43. The molecule has 3 N–H and O–H groups in total. The van der Waals surface area contributed by atoms with Crippen molar-refractivity contribution in [3.63, 3.8) is 0 Å². The molecule has 1 amide bonds. The Morgan fingerprint density at radius 2 is 1.65 bits per heavy atom. The van der Waals surface area contributed by atoms with Gasteiger partial charge >= 0.3 is 0 Å². The molecule has 2 bridgehead atoms. The number of amides is 1. The minimum absolute atomic E-state index is 0.0991. The van der Waals surface area contributed by atoms with Crippen molar-refractivity contribution in [2.45, 2.75) is 38.1 Å². The minimum Gasteiger partial charge on any atom is -0.496 e. The molecule has 144 valence electrons. The van der Waals surface area contributed by atoms with Gasteiger partial charge in [0.2, 0.25) is 5.91 Å². The Morgan fingerprint density at radius 1 is 1.08 bits per heavy atom. The second-order valence-electron chi connectivity index (χ2n) is 7.38. The highest BCUT2D eigenvalue weighted by Crippen LogP contribution is 2.41. The molecular weight excluding hydrogens is 332 g/mol. The van der Waals surface area contributed by atoms with Gasteiger partial charge in [0.05, 0.1) is 20.8 Å². The number of nitrogens with one attached hydrogen (secondary N) is 1. The molecule has 2 unspecified atom stereocenters. The highest BCUT2D eigenvalue weighted by atomic mass is 16.5. The van der Waals surface area contributed by atoms with Gasteiger partial charge in [-0.2, -0.15) is 0 Å². The number of fused-ring (bicyclic) bond motifs is 2. The van der Waals surface area contributed by atoms with Crippen LogP contribution in [0.15, 0.2) is 18.2 Å². The molecule has 1 aromatic carbocycles. The lowest BCUT2D eigenvalue weighted by molar-refractivity contribution is -0.128. The number of hydrogen-bond donors (Lipinski definition) is 2. The van der Waals surface area contributed by atoms with E-state index < -0.39 is 0 Å². The van der Waals surface area contributed by atoms with Crippen molar-refractivity contribution in [1.82, 2.24) is 5.32 Å². The summed E-state index contributed by atoms with van der Waals surface area (Å²) in [5.41, 5.74) is 6.31. The van der Waals surface area contributed by atoms with Crippen molar-refractivity contribution in [3.05, 3.63) is 18.2 Å². The molecule has 0 heterocycles. The molecule has 1 aromatic rings. The second-order valence-corrected chi connectivity index (χ2v) is 7.38. The number of ether oxygens (including phenoxy) is 3. The molecular formula is C20H30N2O4. The summed E-state index contributed by atoms with van der Waals surface area (Å²) in [4.78, 5) is 12.5. The lowest BCUT2D eigenvalue weighted by atomic mass is 9.65. The van der Waals surface area contributed by atoms with Gasteiger partial charge in [0.15, 0.2) is 0 Å². The molecule has 0 radical (unpaired) electrons. The molecule has 0 spiro atoms. The van der Waals surface area contributed by atoms with E-state index in [1.165, 1.54) is 19.3 Å². The summed E-state index contributed by atoms with van der Waals surface area (Å²) in [5, 5.41) is 3.02. The second kappa shape index (κ2) is 8.62. The first-order chi connectivity index (χ1) is 12.6. The van der Waals surface area contributed by atoms with Crippen LogP contribution < -0.4 is 25.3 Å².